The molecule has 0 radical (unpaired) electrons. The third-order valence-electron chi connectivity index (χ3n) is 2.73. The third kappa shape index (κ3) is 6.74. The van der Waals surface area contributed by atoms with E-state index >= 15 is 0 Å². The zero-order valence-corrected chi connectivity index (χ0v) is 11.9. The van der Waals surface area contributed by atoms with Crippen LogP contribution >= 0.6 is 12.4 Å². The lowest BCUT2D eigenvalue weighted by Crippen LogP contribution is -2.40. The molecular formula is C12H25ClN2O2. The molecule has 1 fully saturated rings. The number of hydrogen-bond acceptors (Lipinski definition) is 3. The number of nitrogens with one attached hydrogen (secondary N) is 1. The monoisotopic (exact) mass is 264 g/mol. The van der Waals surface area contributed by atoms with Gasteiger partial charge in [-0.15, -0.1) is 12.4 Å². The number of alkyl carbamates (subject to hydrolysis) is 1. The summed E-state index contributed by atoms with van der Waals surface area (Å²) in [6.45, 7) is 6.35. The summed E-state index contributed by atoms with van der Waals surface area (Å²) in [6, 6.07) is 0. The van der Waals surface area contributed by atoms with E-state index in [4.69, 9.17) is 10.5 Å². The van der Waals surface area contributed by atoms with Crippen LogP contribution in [0.1, 0.15) is 52.9 Å². The first-order valence-corrected chi connectivity index (χ1v) is 6.08. The van der Waals surface area contributed by atoms with Crippen molar-refractivity contribution in [1.29, 1.82) is 0 Å². The molecule has 0 aliphatic heterocycles. The Kier molecular flexibility index (Phi) is 6.27. The summed E-state index contributed by atoms with van der Waals surface area (Å²) in [5.74, 6) is 0. The summed E-state index contributed by atoms with van der Waals surface area (Å²) in [4.78, 5) is 11.6. The van der Waals surface area contributed by atoms with Crippen LogP contribution in [0.3, 0.4) is 0 Å². The Labute approximate surface area is 110 Å². The molecule has 1 aliphatic carbocycles. The predicted octanol–water partition coefficient (Wildman–Crippen LogP) is 2.59. The van der Waals surface area contributed by atoms with E-state index in [1.165, 1.54) is 0 Å². The maximum absolute atomic E-state index is 11.6. The average molecular weight is 265 g/mol. The second kappa shape index (κ2) is 6.45. The van der Waals surface area contributed by atoms with Gasteiger partial charge in [0, 0.05) is 5.54 Å². The molecule has 4 nitrogen and oxygen atoms in total. The van der Waals surface area contributed by atoms with Crippen molar-refractivity contribution in [2.45, 2.75) is 64.0 Å². The van der Waals surface area contributed by atoms with Gasteiger partial charge in [0.1, 0.15) is 5.60 Å². The highest BCUT2D eigenvalue weighted by Gasteiger charge is 2.44. The minimum Gasteiger partial charge on any atom is -0.444 e. The van der Waals surface area contributed by atoms with Crippen LogP contribution in [0.5, 0.6) is 0 Å². The van der Waals surface area contributed by atoms with Crippen molar-refractivity contribution in [3.63, 3.8) is 0 Å². The van der Waals surface area contributed by atoms with Gasteiger partial charge in [-0.25, -0.2) is 4.79 Å². The number of hydrogen-bond donors (Lipinski definition) is 2. The zero-order chi connectivity index (χ0) is 12.2. The van der Waals surface area contributed by atoms with Gasteiger partial charge in [-0.1, -0.05) is 0 Å². The first-order chi connectivity index (χ1) is 7.37. The summed E-state index contributed by atoms with van der Waals surface area (Å²) in [6.07, 6.45) is 4.96. The molecule has 0 aromatic carbocycles. The molecule has 0 saturated heterocycles. The fourth-order valence-corrected chi connectivity index (χ4v) is 1.72. The van der Waals surface area contributed by atoms with Crippen LogP contribution in [-0.2, 0) is 4.74 Å². The van der Waals surface area contributed by atoms with E-state index in [9.17, 15) is 4.79 Å². The fraction of sp³-hybridized carbons (Fsp3) is 0.917. The first-order valence-electron chi connectivity index (χ1n) is 6.08. The molecule has 3 N–H and O–H groups in total. The van der Waals surface area contributed by atoms with Crippen molar-refractivity contribution >= 4 is 18.5 Å². The molecule has 17 heavy (non-hydrogen) atoms. The molecule has 1 saturated carbocycles. The maximum atomic E-state index is 11.6. The minimum absolute atomic E-state index is 0. The number of carbonyl (C=O) groups excluding carboxylic acids is 1. The normalized spacial score (nSPS) is 16.9. The minimum atomic E-state index is -0.419. The number of unbranched alkanes of at least 4 members (excludes halogenated alkanes) is 1. The van der Waals surface area contributed by atoms with Crippen LogP contribution in [0, 0.1) is 0 Å². The SMILES string of the molecule is CC(C)(C)OC(=O)NC1(CCCCN)CC1.Cl. The van der Waals surface area contributed by atoms with Crippen molar-refractivity contribution in [2.75, 3.05) is 6.54 Å². The van der Waals surface area contributed by atoms with Gasteiger partial charge < -0.3 is 15.8 Å². The molecule has 0 heterocycles. The second-order valence-corrected chi connectivity index (χ2v) is 5.65. The van der Waals surface area contributed by atoms with Crippen LogP contribution in [0.15, 0.2) is 0 Å². The Morgan fingerprint density at radius 1 is 1.35 bits per heavy atom. The van der Waals surface area contributed by atoms with Crippen molar-refractivity contribution in [3.8, 4) is 0 Å². The largest absolute Gasteiger partial charge is 0.444 e. The van der Waals surface area contributed by atoms with Crippen LogP contribution in [-0.4, -0.2) is 23.8 Å². The zero-order valence-electron chi connectivity index (χ0n) is 11.0. The van der Waals surface area contributed by atoms with Gasteiger partial charge in [0.2, 0.25) is 0 Å². The van der Waals surface area contributed by atoms with Gasteiger partial charge in [-0.2, -0.15) is 0 Å². The molecule has 1 amide bonds. The van der Waals surface area contributed by atoms with E-state index in [0.717, 1.165) is 38.6 Å². The number of rotatable bonds is 5. The van der Waals surface area contributed by atoms with E-state index < -0.39 is 5.60 Å². The van der Waals surface area contributed by atoms with E-state index in [1.807, 2.05) is 20.8 Å². The van der Waals surface area contributed by atoms with Gasteiger partial charge >= 0.3 is 6.09 Å². The Balaban J connectivity index is 0.00000256. The molecular weight excluding hydrogens is 240 g/mol. The molecule has 0 aromatic rings. The van der Waals surface area contributed by atoms with Crippen molar-refractivity contribution in [2.24, 2.45) is 5.73 Å². The number of halogens is 1. The molecule has 102 valence electrons. The molecule has 1 aliphatic rings. The van der Waals surface area contributed by atoms with E-state index in [2.05, 4.69) is 5.32 Å². The van der Waals surface area contributed by atoms with Crippen molar-refractivity contribution in [1.82, 2.24) is 5.32 Å². The summed E-state index contributed by atoms with van der Waals surface area (Å²) in [7, 11) is 0. The summed E-state index contributed by atoms with van der Waals surface area (Å²) in [5, 5.41) is 2.98. The van der Waals surface area contributed by atoms with Crippen molar-refractivity contribution in [3.05, 3.63) is 0 Å². The second-order valence-electron chi connectivity index (χ2n) is 5.65. The molecule has 1 rings (SSSR count). The molecule has 0 aromatic heterocycles. The highest BCUT2D eigenvalue weighted by Crippen LogP contribution is 2.40. The third-order valence-corrected chi connectivity index (χ3v) is 2.73. The summed E-state index contributed by atoms with van der Waals surface area (Å²) < 4.78 is 5.25. The molecule has 0 bridgehead atoms. The summed E-state index contributed by atoms with van der Waals surface area (Å²) in [5.41, 5.74) is 5.04. The Hall–Kier alpha value is -0.480. The van der Waals surface area contributed by atoms with Crippen LogP contribution in [0.4, 0.5) is 4.79 Å². The van der Waals surface area contributed by atoms with Gasteiger partial charge in [0.25, 0.3) is 0 Å². The average Bonchev–Trinajstić information content (AvgIpc) is 2.82. The summed E-state index contributed by atoms with van der Waals surface area (Å²) >= 11 is 0. The van der Waals surface area contributed by atoms with Gasteiger partial charge in [-0.05, 0) is 59.4 Å². The number of nitrogens with two attached hydrogens (primary N) is 1. The molecule has 0 unspecified atom stereocenters. The quantitative estimate of drug-likeness (QED) is 0.750. The molecule has 0 atom stereocenters. The van der Waals surface area contributed by atoms with E-state index in [-0.39, 0.29) is 24.0 Å². The maximum Gasteiger partial charge on any atom is 0.408 e. The topological polar surface area (TPSA) is 64.3 Å². The lowest BCUT2D eigenvalue weighted by atomic mass is 10.1. The molecule has 0 spiro atoms. The number of carbonyl (C=O) groups is 1. The number of ether oxygens (including phenoxy) is 1. The highest BCUT2D eigenvalue weighted by molar-refractivity contribution is 5.85. The van der Waals surface area contributed by atoms with Gasteiger partial charge in [0.15, 0.2) is 0 Å². The predicted molar refractivity (Wildman–Crippen MR) is 71.5 cm³/mol. The Morgan fingerprint density at radius 2 is 1.94 bits per heavy atom. The number of amides is 1. The van der Waals surface area contributed by atoms with Gasteiger partial charge in [0.05, 0.1) is 0 Å². The lowest BCUT2D eigenvalue weighted by molar-refractivity contribution is 0.0493. The van der Waals surface area contributed by atoms with Gasteiger partial charge in [-0.3, -0.25) is 0 Å². The van der Waals surface area contributed by atoms with E-state index in [0.29, 0.717) is 0 Å². The van der Waals surface area contributed by atoms with Crippen molar-refractivity contribution < 1.29 is 9.53 Å². The van der Waals surface area contributed by atoms with Crippen LogP contribution in [0.2, 0.25) is 0 Å². The lowest BCUT2D eigenvalue weighted by Gasteiger charge is -2.23. The smallest absolute Gasteiger partial charge is 0.408 e. The Morgan fingerprint density at radius 3 is 2.35 bits per heavy atom. The Bertz CT molecular complexity index is 247. The molecule has 5 heteroatoms. The highest BCUT2D eigenvalue weighted by atomic mass is 35.5. The fourth-order valence-electron chi connectivity index (χ4n) is 1.72. The van der Waals surface area contributed by atoms with Crippen LogP contribution in [0.25, 0.3) is 0 Å². The first kappa shape index (κ1) is 16.5. The standard InChI is InChI=1S/C12H24N2O2.ClH/c1-11(2,3)16-10(15)14-12(7-8-12)6-4-5-9-13;/h4-9,13H2,1-3H3,(H,14,15);1H. The van der Waals surface area contributed by atoms with Crippen LogP contribution < -0.4 is 11.1 Å². The van der Waals surface area contributed by atoms with E-state index in [1.54, 1.807) is 0 Å².